The van der Waals surface area contributed by atoms with Gasteiger partial charge in [0.05, 0.1) is 0 Å². The van der Waals surface area contributed by atoms with E-state index >= 15 is 0 Å². The number of thioether (sulfide) groups is 1. The van der Waals surface area contributed by atoms with Gasteiger partial charge in [-0.2, -0.15) is 0 Å². The zero-order chi connectivity index (χ0) is 10.7. The number of carbonyl (C=O) groups is 1. The van der Waals surface area contributed by atoms with Crippen molar-refractivity contribution >= 4 is 33.7 Å². The minimum absolute atomic E-state index is 0.0602. The summed E-state index contributed by atoms with van der Waals surface area (Å²) in [6.45, 7) is 4.14. The molecule has 0 atom stereocenters. The smallest absolute Gasteiger partial charge is 0.354 e. The van der Waals surface area contributed by atoms with Crippen molar-refractivity contribution in [3.05, 3.63) is 22.4 Å². The van der Waals surface area contributed by atoms with Crippen LogP contribution in [0.4, 0.5) is 0 Å². The number of aromatic carboxylic acids is 1. The van der Waals surface area contributed by atoms with Gasteiger partial charge in [-0.05, 0) is 28.1 Å². The summed E-state index contributed by atoms with van der Waals surface area (Å²) in [5, 5.41) is 9.14. The lowest BCUT2D eigenvalue weighted by Gasteiger charge is -2.06. The van der Waals surface area contributed by atoms with Crippen molar-refractivity contribution < 1.29 is 9.90 Å². The first-order valence-electron chi connectivity index (χ1n) is 4.07. The molecule has 14 heavy (non-hydrogen) atoms. The molecule has 1 aromatic heterocycles. The predicted octanol–water partition coefficient (Wildman–Crippen LogP) is 3.04. The summed E-state index contributed by atoms with van der Waals surface area (Å²) < 4.78 is 0.594. The van der Waals surface area contributed by atoms with E-state index in [1.807, 2.05) is 0 Å². The summed E-state index contributed by atoms with van der Waals surface area (Å²) in [6.07, 6.45) is 0. The Morgan fingerprint density at radius 1 is 1.57 bits per heavy atom. The van der Waals surface area contributed by atoms with E-state index in [1.54, 1.807) is 17.8 Å². The van der Waals surface area contributed by atoms with E-state index in [2.05, 4.69) is 34.8 Å². The fourth-order valence-corrected chi connectivity index (χ4v) is 2.28. The highest BCUT2D eigenvalue weighted by Crippen LogP contribution is 2.29. The van der Waals surface area contributed by atoms with Gasteiger partial charge in [0, 0.05) is 10.1 Å². The van der Waals surface area contributed by atoms with E-state index in [1.165, 1.54) is 6.07 Å². The summed E-state index contributed by atoms with van der Waals surface area (Å²) in [6, 6.07) is 3.28. The molecule has 0 unspecified atom stereocenters. The second-order valence-electron chi connectivity index (χ2n) is 2.96. The van der Waals surface area contributed by atoms with Crippen LogP contribution in [0.25, 0.3) is 0 Å². The van der Waals surface area contributed by atoms with Gasteiger partial charge < -0.3 is 5.11 Å². The first-order valence-corrected chi connectivity index (χ1v) is 5.74. The number of pyridine rings is 1. The van der Waals surface area contributed by atoms with Crippen LogP contribution in [0.1, 0.15) is 24.3 Å². The minimum atomic E-state index is -1.01. The van der Waals surface area contributed by atoms with Crippen molar-refractivity contribution in [3.8, 4) is 0 Å². The first-order chi connectivity index (χ1) is 6.50. The van der Waals surface area contributed by atoms with Gasteiger partial charge in [-0.1, -0.05) is 13.8 Å². The number of carboxylic acid groups (broad SMARTS) is 1. The van der Waals surface area contributed by atoms with Crippen LogP contribution < -0.4 is 0 Å². The molecule has 5 heteroatoms. The van der Waals surface area contributed by atoms with Crippen molar-refractivity contribution in [2.45, 2.75) is 24.0 Å². The Balaban J connectivity index is 2.95. The molecule has 0 aromatic carbocycles. The Hall–Kier alpha value is -0.550. The molecule has 0 amide bonds. The third kappa shape index (κ3) is 2.99. The molecule has 76 valence electrons. The number of hydrogen-bond acceptors (Lipinski definition) is 3. The number of hydrogen-bond donors (Lipinski definition) is 1. The normalized spacial score (nSPS) is 10.6. The Morgan fingerprint density at radius 2 is 2.21 bits per heavy atom. The number of carboxylic acids is 1. The highest BCUT2D eigenvalue weighted by Gasteiger charge is 2.09. The lowest BCUT2D eigenvalue weighted by atomic mass is 10.4. The Morgan fingerprint density at radius 3 is 2.64 bits per heavy atom. The molecule has 0 fully saturated rings. The van der Waals surface area contributed by atoms with Crippen LogP contribution >= 0.6 is 27.7 Å². The maximum Gasteiger partial charge on any atom is 0.354 e. The van der Waals surface area contributed by atoms with Crippen molar-refractivity contribution in [1.82, 2.24) is 4.98 Å². The minimum Gasteiger partial charge on any atom is -0.477 e. The van der Waals surface area contributed by atoms with Crippen molar-refractivity contribution in [1.29, 1.82) is 0 Å². The Bertz CT molecular complexity index is 355. The lowest BCUT2D eigenvalue weighted by Crippen LogP contribution is -2.00. The predicted molar refractivity (Wildman–Crippen MR) is 59.9 cm³/mol. The third-order valence-corrected chi connectivity index (χ3v) is 3.32. The van der Waals surface area contributed by atoms with Gasteiger partial charge in [-0.3, -0.25) is 0 Å². The van der Waals surface area contributed by atoms with Crippen molar-refractivity contribution in [3.63, 3.8) is 0 Å². The summed E-state index contributed by atoms with van der Waals surface area (Å²) in [4.78, 5) is 15.5. The summed E-state index contributed by atoms with van der Waals surface area (Å²) in [5.74, 6) is -1.01. The van der Waals surface area contributed by atoms with E-state index < -0.39 is 5.97 Å². The zero-order valence-corrected chi connectivity index (χ0v) is 10.2. The molecule has 1 aromatic rings. The molecule has 1 N–H and O–H groups in total. The number of halogens is 1. The van der Waals surface area contributed by atoms with E-state index in [0.717, 1.165) is 4.90 Å². The highest BCUT2D eigenvalue weighted by molar-refractivity contribution is 9.10. The largest absolute Gasteiger partial charge is 0.477 e. The quantitative estimate of drug-likeness (QED) is 0.681. The van der Waals surface area contributed by atoms with Crippen LogP contribution in [-0.2, 0) is 0 Å². The molecule has 0 bridgehead atoms. The van der Waals surface area contributed by atoms with Crippen LogP contribution in [0.3, 0.4) is 0 Å². The van der Waals surface area contributed by atoms with Gasteiger partial charge in [-0.25, -0.2) is 9.78 Å². The van der Waals surface area contributed by atoms with E-state index in [4.69, 9.17) is 5.11 Å². The first kappa shape index (κ1) is 11.5. The fraction of sp³-hybridized carbons (Fsp3) is 0.333. The summed E-state index contributed by atoms with van der Waals surface area (Å²) in [5.41, 5.74) is 0.0602. The van der Waals surface area contributed by atoms with Gasteiger partial charge in [0.15, 0.2) is 0 Å². The molecule has 0 saturated heterocycles. The number of rotatable bonds is 3. The summed E-state index contributed by atoms with van der Waals surface area (Å²) >= 11 is 4.89. The van der Waals surface area contributed by atoms with Crippen molar-refractivity contribution in [2.24, 2.45) is 0 Å². The van der Waals surface area contributed by atoms with E-state index in [9.17, 15) is 4.79 Å². The lowest BCUT2D eigenvalue weighted by molar-refractivity contribution is 0.0690. The van der Waals surface area contributed by atoms with Gasteiger partial charge >= 0.3 is 5.97 Å². The van der Waals surface area contributed by atoms with E-state index in [0.29, 0.717) is 9.85 Å². The molecular formula is C9H10BrNO2S. The second-order valence-corrected chi connectivity index (χ2v) is 5.33. The Kier molecular flexibility index (Phi) is 3.95. The van der Waals surface area contributed by atoms with Gasteiger partial charge in [0.2, 0.25) is 0 Å². The molecule has 0 aliphatic rings. The average Bonchev–Trinajstić information content (AvgIpc) is 2.07. The maximum atomic E-state index is 10.6. The molecule has 1 rings (SSSR count). The molecular weight excluding hydrogens is 266 g/mol. The van der Waals surface area contributed by atoms with Gasteiger partial charge in [0.1, 0.15) is 10.3 Å². The molecule has 1 heterocycles. The van der Waals surface area contributed by atoms with Crippen LogP contribution in [0.2, 0.25) is 0 Å². The van der Waals surface area contributed by atoms with Gasteiger partial charge in [0.25, 0.3) is 0 Å². The maximum absolute atomic E-state index is 10.6. The fourth-order valence-electron chi connectivity index (χ4n) is 0.882. The zero-order valence-electron chi connectivity index (χ0n) is 7.82. The molecule has 0 radical (unpaired) electrons. The SMILES string of the molecule is CC(C)Sc1ccc(C(=O)O)nc1Br. The molecule has 0 aliphatic heterocycles. The van der Waals surface area contributed by atoms with Crippen LogP contribution in [0.5, 0.6) is 0 Å². The third-order valence-electron chi connectivity index (χ3n) is 1.40. The van der Waals surface area contributed by atoms with Gasteiger partial charge in [-0.15, -0.1) is 11.8 Å². The van der Waals surface area contributed by atoms with Crippen molar-refractivity contribution in [2.75, 3.05) is 0 Å². The Labute approximate surface area is 95.1 Å². The molecule has 0 aliphatic carbocycles. The topological polar surface area (TPSA) is 50.2 Å². The summed E-state index contributed by atoms with van der Waals surface area (Å²) in [7, 11) is 0. The standard InChI is InChI=1S/C9H10BrNO2S/c1-5(2)14-7-4-3-6(9(12)13)11-8(7)10/h3-5H,1-2H3,(H,12,13). The van der Waals surface area contributed by atoms with Crippen LogP contribution in [0.15, 0.2) is 21.6 Å². The van der Waals surface area contributed by atoms with Crippen LogP contribution in [0, 0.1) is 0 Å². The second kappa shape index (κ2) is 4.79. The number of aromatic nitrogens is 1. The van der Waals surface area contributed by atoms with Crippen LogP contribution in [-0.4, -0.2) is 21.3 Å². The monoisotopic (exact) mass is 275 g/mol. The van der Waals surface area contributed by atoms with E-state index in [-0.39, 0.29) is 5.69 Å². The number of nitrogens with zero attached hydrogens (tertiary/aromatic N) is 1. The molecule has 0 spiro atoms. The average molecular weight is 276 g/mol. The molecule has 0 saturated carbocycles. The highest BCUT2D eigenvalue weighted by atomic mass is 79.9. The molecule has 3 nitrogen and oxygen atoms in total.